The van der Waals surface area contributed by atoms with Crippen molar-refractivity contribution in [1.82, 2.24) is 0 Å². The number of nitrogens with zero attached hydrogens (tertiary/aromatic N) is 2. The molecule has 6 aromatic carbocycles. The maximum atomic E-state index is 10.4. The van der Waals surface area contributed by atoms with Gasteiger partial charge in [-0.1, -0.05) is 35.4 Å². The third-order valence-corrected chi connectivity index (χ3v) is 19.2. The molecule has 9 rings (SSSR count). The van der Waals surface area contributed by atoms with E-state index in [1.54, 1.807) is 61.8 Å². The van der Waals surface area contributed by atoms with Crippen molar-refractivity contribution < 1.29 is 54.0 Å². The molecular formula is C52H54N2O10S2Se2. The molecule has 68 heavy (non-hydrogen) atoms. The van der Waals surface area contributed by atoms with Gasteiger partial charge in [0, 0.05) is 0 Å². The molecule has 16 heteroatoms. The van der Waals surface area contributed by atoms with Gasteiger partial charge in [-0.15, -0.1) is 0 Å². The van der Waals surface area contributed by atoms with E-state index < -0.39 is 20.2 Å². The van der Waals surface area contributed by atoms with Crippen LogP contribution in [0.1, 0.15) is 68.9 Å². The first kappa shape index (κ1) is 50.6. The van der Waals surface area contributed by atoms with Crippen LogP contribution in [-0.2, 0) is 33.3 Å². The minimum Gasteiger partial charge on any atom is -0.744 e. The van der Waals surface area contributed by atoms with Gasteiger partial charge in [0.1, 0.15) is 20.2 Å². The van der Waals surface area contributed by atoms with E-state index in [0.717, 1.165) is 47.2 Å². The predicted molar refractivity (Wildman–Crippen MR) is 262 cm³/mol. The normalized spacial score (nSPS) is 16.7. The summed E-state index contributed by atoms with van der Waals surface area (Å²) in [6.07, 6.45) is 0. The van der Waals surface area contributed by atoms with Gasteiger partial charge in [0.25, 0.3) is 0 Å². The molecule has 0 bridgehead atoms. The van der Waals surface area contributed by atoms with Gasteiger partial charge < -0.3 is 9.11 Å². The van der Waals surface area contributed by atoms with Crippen LogP contribution >= 0.6 is 0 Å². The molecule has 0 aliphatic heterocycles. The van der Waals surface area contributed by atoms with E-state index >= 15 is 0 Å². The summed E-state index contributed by atoms with van der Waals surface area (Å²) in [4.78, 5) is -0.355. The van der Waals surface area contributed by atoms with E-state index in [2.05, 4.69) is 108 Å². The summed E-state index contributed by atoms with van der Waals surface area (Å²) in [6.45, 7) is 10.1. The van der Waals surface area contributed by atoms with Crippen LogP contribution in [0.4, 0.5) is 0 Å². The number of aromatic nitrogens is 2. The fraction of sp³-hybridized carbons (Fsp3) is 0.269. The molecule has 0 N–H and O–H groups in total. The van der Waals surface area contributed by atoms with Gasteiger partial charge in [-0.05, 0) is 38.1 Å². The standard InChI is InChI=1S/C38H40N2O4Se2.2C7H8O3S/c1-7-39-25-13-9-11-15-31(25)45-37(39)35-33(23-17-19-27(41-3)29(21-23)43-5)36(34(35)24-18-20-28(42-4)30(22-24)44-6)38-40(8-2)26-14-10-12-16-32(26)46-38;2*1-6-2-4-7(5-3-6)11(8,9)10/h9-22,33-36H,7-8H2,1-6H3;2*2-5H,1H3,(H,8,9,10)/q+2;;/p-2. The van der Waals surface area contributed by atoms with Crippen molar-refractivity contribution in [3.63, 3.8) is 0 Å². The molecule has 1 saturated carbocycles. The number of ether oxygens (including phenoxy) is 4. The number of fused-ring (bicyclic) bond motifs is 2. The first-order chi connectivity index (χ1) is 32.6. The Bertz CT molecular complexity index is 3040. The largest absolute Gasteiger partial charge is 0.744 e. The van der Waals surface area contributed by atoms with Crippen molar-refractivity contribution in [2.45, 2.75) is 74.2 Å². The Hall–Kier alpha value is -5.28. The molecule has 2 heterocycles. The number of methoxy groups -OCH3 is 4. The zero-order valence-corrected chi connectivity index (χ0v) is 44.1. The van der Waals surface area contributed by atoms with Gasteiger partial charge in [0.2, 0.25) is 0 Å². The fourth-order valence-corrected chi connectivity index (χ4v) is 15.9. The quantitative estimate of drug-likeness (QED) is 0.0667. The summed E-state index contributed by atoms with van der Waals surface area (Å²) >= 11 is 0.426. The van der Waals surface area contributed by atoms with E-state index in [4.69, 9.17) is 18.9 Å². The molecule has 2 aromatic heterocycles. The molecule has 356 valence electrons. The van der Waals surface area contributed by atoms with Gasteiger partial charge >= 0.3 is 284 Å². The van der Waals surface area contributed by atoms with Crippen molar-refractivity contribution >= 4 is 68.8 Å². The Morgan fingerprint density at radius 2 is 0.809 bits per heavy atom. The third-order valence-electron chi connectivity index (χ3n) is 12.2. The molecule has 0 saturated heterocycles. The molecule has 8 aromatic rings. The first-order valence-corrected chi connectivity index (χ1v) is 28.1. The van der Waals surface area contributed by atoms with Crippen LogP contribution in [0.3, 0.4) is 0 Å². The van der Waals surface area contributed by atoms with E-state index in [0.29, 0.717) is 11.8 Å². The summed E-state index contributed by atoms with van der Waals surface area (Å²) in [5.74, 6) is 4.19. The minimum absolute atomic E-state index is 0.178. The Kier molecular flexibility index (Phi) is 16.0. The Labute approximate surface area is 410 Å². The van der Waals surface area contributed by atoms with Crippen molar-refractivity contribution in [2.24, 2.45) is 0 Å². The SMILES string of the molecule is CC[n+]1c(C2C(c3ccc(OC)c(OC)c3)C(c3[se]c4ccccc4[n+]3CC)C2c2ccc(OC)c(OC)c2)[se]c2ccccc21.Cc1ccc(S(=O)(=O)[O-])cc1.Cc1ccc(S(=O)(=O)[O-])cc1. The zero-order chi connectivity index (χ0) is 48.9. The minimum atomic E-state index is -4.27. The van der Waals surface area contributed by atoms with Crippen molar-refractivity contribution in [2.75, 3.05) is 28.4 Å². The predicted octanol–water partition coefficient (Wildman–Crippen LogP) is 8.00. The summed E-state index contributed by atoms with van der Waals surface area (Å²) < 4.78 is 96.8. The molecular weight excluding hydrogens is 1030 g/mol. The van der Waals surface area contributed by atoms with Crippen LogP contribution in [0.5, 0.6) is 23.0 Å². The molecule has 0 spiro atoms. The van der Waals surface area contributed by atoms with Crippen LogP contribution < -0.4 is 28.1 Å². The topological polar surface area (TPSA) is 159 Å². The van der Waals surface area contributed by atoms with Crippen LogP contribution in [0, 0.1) is 13.8 Å². The van der Waals surface area contributed by atoms with Crippen molar-refractivity contribution in [3.8, 4) is 23.0 Å². The summed E-state index contributed by atoms with van der Waals surface area (Å²) in [7, 11) is -1.65. The van der Waals surface area contributed by atoms with Gasteiger partial charge in [0.15, 0.2) is 0 Å². The van der Waals surface area contributed by atoms with E-state index in [1.165, 1.54) is 54.9 Å². The summed E-state index contributed by atoms with van der Waals surface area (Å²) in [5.41, 5.74) is 7.18. The number of aryl methyl sites for hydroxylation is 4. The Morgan fingerprint density at radius 1 is 0.471 bits per heavy atom. The van der Waals surface area contributed by atoms with E-state index in [9.17, 15) is 25.9 Å². The number of benzene rings is 6. The number of para-hydroxylation sites is 2. The van der Waals surface area contributed by atoms with Gasteiger partial charge in [-0.3, -0.25) is 0 Å². The van der Waals surface area contributed by atoms with E-state index in [-0.39, 0.29) is 50.6 Å². The second kappa shape index (κ2) is 21.6. The van der Waals surface area contributed by atoms with Gasteiger partial charge in [0.05, 0.1) is 9.79 Å². The molecule has 1 aliphatic rings. The molecule has 1 aliphatic carbocycles. The molecule has 0 unspecified atom stereocenters. The number of rotatable bonds is 12. The van der Waals surface area contributed by atoms with Crippen LogP contribution in [0.25, 0.3) is 19.6 Å². The monoisotopic (exact) mass is 1090 g/mol. The zero-order valence-electron chi connectivity index (χ0n) is 39.0. The van der Waals surface area contributed by atoms with Crippen molar-refractivity contribution in [3.05, 3.63) is 165 Å². The van der Waals surface area contributed by atoms with E-state index in [1.807, 2.05) is 13.8 Å². The second-order valence-electron chi connectivity index (χ2n) is 16.2. The third kappa shape index (κ3) is 10.6. The van der Waals surface area contributed by atoms with Crippen LogP contribution in [0.15, 0.2) is 143 Å². The molecule has 0 amide bonds. The molecule has 0 radical (unpaired) electrons. The fourth-order valence-electron chi connectivity index (χ4n) is 8.98. The molecule has 0 atom stereocenters. The summed E-state index contributed by atoms with van der Waals surface area (Å²) in [5, 5.41) is 0. The molecule has 12 nitrogen and oxygen atoms in total. The smallest absolute Gasteiger partial charge is 0.124 e. The number of hydrogen-bond acceptors (Lipinski definition) is 10. The first-order valence-electron chi connectivity index (χ1n) is 21.9. The van der Waals surface area contributed by atoms with Crippen LogP contribution in [0.2, 0.25) is 0 Å². The van der Waals surface area contributed by atoms with Gasteiger partial charge in [-0.2, -0.15) is 0 Å². The maximum Gasteiger partial charge on any atom is 0.124 e. The van der Waals surface area contributed by atoms with Crippen molar-refractivity contribution in [1.29, 1.82) is 0 Å². The molecule has 1 fully saturated rings. The average Bonchev–Trinajstić information content (AvgIpc) is 3.88. The average molecular weight is 1090 g/mol. The maximum absolute atomic E-state index is 10.4. The van der Waals surface area contributed by atoms with Gasteiger partial charge in [-0.25, -0.2) is 16.8 Å². The Morgan fingerprint density at radius 3 is 1.12 bits per heavy atom. The number of hydrogen-bond donors (Lipinski definition) is 0. The van der Waals surface area contributed by atoms with Crippen LogP contribution in [-0.4, -0.2) is 83.4 Å². The second-order valence-corrected chi connectivity index (χ2v) is 23.4. The summed E-state index contributed by atoms with van der Waals surface area (Å²) in [6, 6.07) is 42.7. The Balaban J connectivity index is 0.000000254.